The van der Waals surface area contributed by atoms with Crippen molar-refractivity contribution in [2.24, 2.45) is 0 Å². The lowest BCUT2D eigenvalue weighted by molar-refractivity contribution is 0.102. The molecule has 108 valence electrons. The van der Waals surface area contributed by atoms with Crippen LogP contribution in [0.15, 0.2) is 48.5 Å². The fraction of sp³-hybridized carbons (Fsp3) is 0.294. The minimum atomic E-state index is -0.167. The summed E-state index contributed by atoms with van der Waals surface area (Å²) in [6.07, 6.45) is 3.68. The molecule has 1 aliphatic heterocycles. The summed E-state index contributed by atoms with van der Waals surface area (Å²) in [5.74, 6) is 0.732. The number of amides is 1. The maximum absolute atomic E-state index is 12.3. The number of nitrogens with one attached hydrogen (secondary N) is 1. The number of hydrogen-bond acceptors (Lipinski definition) is 3. The van der Waals surface area contributed by atoms with E-state index in [1.807, 2.05) is 42.5 Å². The second-order valence-corrected chi connectivity index (χ2v) is 5.25. The Bertz CT molecular complexity index is 606. The zero-order valence-corrected chi connectivity index (χ0v) is 12.0. The van der Waals surface area contributed by atoms with Gasteiger partial charge in [0.05, 0.1) is 0 Å². The first-order valence-corrected chi connectivity index (χ1v) is 7.41. The highest BCUT2D eigenvalue weighted by Crippen LogP contribution is 2.18. The molecule has 4 heteroatoms. The van der Waals surface area contributed by atoms with Crippen molar-refractivity contribution in [2.45, 2.75) is 19.3 Å². The number of carbonyl (C=O) groups is 1. The number of benzene rings is 1. The average molecular weight is 281 g/mol. The third-order valence-corrected chi connectivity index (χ3v) is 3.68. The van der Waals surface area contributed by atoms with Crippen molar-refractivity contribution in [1.29, 1.82) is 0 Å². The van der Waals surface area contributed by atoms with E-state index in [1.165, 1.54) is 19.3 Å². The summed E-state index contributed by atoms with van der Waals surface area (Å²) in [4.78, 5) is 19.0. The highest BCUT2D eigenvalue weighted by Gasteiger charge is 2.14. The van der Waals surface area contributed by atoms with Crippen molar-refractivity contribution >= 4 is 17.4 Å². The van der Waals surface area contributed by atoms with E-state index in [-0.39, 0.29) is 5.91 Å². The lowest BCUT2D eigenvalue weighted by Crippen LogP contribution is -2.30. The molecule has 2 heterocycles. The first-order chi connectivity index (χ1) is 10.3. The molecule has 1 fully saturated rings. The van der Waals surface area contributed by atoms with E-state index in [0.717, 1.165) is 24.6 Å². The average Bonchev–Trinajstić information content (AvgIpc) is 2.57. The number of rotatable bonds is 3. The van der Waals surface area contributed by atoms with Gasteiger partial charge in [0.15, 0.2) is 0 Å². The summed E-state index contributed by atoms with van der Waals surface area (Å²) in [5.41, 5.74) is 1.25. The Morgan fingerprint density at radius 2 is 1.71 bits per heavy atom. The van der Waals surface area contributed by atoms with Gasteiger partial charge < -0.3 is 10.2 Å². The second-order valence-electron chi connectivity index (χ2n) is 5.25. The molecule has 0 bridgehead atoms. The number of piperidine rings is 1. The molecule has 0 aliphatic carbocycles. The van der Waals surface area contributed by atoms with Gasteiger partial charge in [-0.25, -0.2) is 4.98 Å². The Labute approximate surface area is 124 Å². The van der Waals surface area contributed by atoms with Crippen molar-refractivity contribution in [2.75, 3.05) is 23.3 Å². The lowest BCUT2D eigenvalue weighted by Gasteiger charge is -2.27. The fourth-order valence-corrected chi connectivity index (χ4v) is 2.57. The van der Waals surface area contributed by atoms with E-state index in [9.17, 15) is 4.79 Å². The molecule has 1 aliphatic rings. The van der Waals surface area contributed by atoms with E-state index < -0.39 is 0 Å². The van der Waals surface area contributed by atoms with E-state index in [4.69, 9.17) is 0 Å². The minimum absolute atomic E-state index is 0.167. The van der Waals surface area contributed by atoms with Crippen LogP contribution >= 0.6 is 0 Å². The Balaban J connectivity index is 1.74. The van der Waals surface area contributed by atoms with Crippen LogP contribution in [-0.4, -0.2) is 24.0 Å². The smallest absolute Gasteiger partial charge is 0.274 e. The zero-order valence-electron chi connectivity index (χ0n) is 12.0. The number of aromatic nitrogens is 1. The fourth-order valence-electron chi connectivity index (χ4n) is 2.57. The number of anilines is 2. The Kier molecular flexibility index (Phi) is 4.15. The predicted octanol–water partition coefficient (Wildman–Crippen LogP) is 3.32. The molecule has 3 rings (SSSR count). The van der Waals surface area contributed by atoms with Gasteiger partial charge in [0.1, 0.15) is 11.5 Å². The molecule has 21 heavy (non-hydrogen) atoms. The highest BCUT2D eigenvalue weighted by molar-refractivity contribution is 6.03. The summed E-state index contributed by atoms with van der Waals surface area (Å²) >= 11 is 0. The molecule has 0 radical (unpaired) electrons. The number of pyridine rings is 1. The summed E-state index contributed by atoms with van der Waals surface area (Å²) in [5, 5.41) is 2.87. The molecule has 1 N–H and O–H groups in total. The van der Waals surface area contributed by atoms with Crippen molar-refractivity contribution in [1.82, 2.24) is 4.98 Å². The lowest BCUT2D eigenvalue weighted by atomic mass is 10.1. The van der Waals surface area contributed by atoms with Gasteiger partial charge in [-0.15, -0.1) is 0 Å². The van der Waals surface area contributed by atoms with Crippen LogP contribution in [-0.2, 0) is 0 Å². The van der Waals surface area contributed by atoms with Gasteiger partial charge in [-0.3, -0.25) is 4.79 Å². The van der Waals surface area contributed by atoms with Gasteiger partial charge in [0.2, 0.25) is 0 Å². The molecule has 1 amide bonds. The number of hydrogen-bond donors (Lipinski definition) is 1. The largest absolute Gasteiger partial charge is 0.357 e. The van der Waals surface area contributed by atoms with Crippen molar-refractivity contribution in [3.05, 3.63) is 54.2 Å². The third kappa shape index (κ3) is 3.40. The van der Waals surface area contributed by atoms with Crippen molar-refractivity contribution in [3.63, 3.8) is 0 Å². The number of nitrogens with zero attached hydrogens (tertiary/aromatic N) is 2. The summed E-state index contributed by atoms with van der Waals surface area (Å²) in [6.45, 7) is 2.05. The molecule has 4 nitrogen and oxygen atoms in total. The Hall–Kier alpha value is -2.36. The molecule has 2 aromatic rings. The van der Waals surface area contributed by atoms with Crippen LogP contribution in [0, 0.1) is 0 Å². The highest BCUT2D eigenvalue weighted by atomic mass is 16.1. The standard InChI is InChI=1S/C17H19N3O/c21-17(18-14-8-3-1-4-9-14)15-10-7-11-16(19-15)20-12-5-2-6-13-20/h1,3-4,7-11H,2,5-6,12-13H2,(H,18,21). The predicted molar refractivity (Wildman–Crippen MR) is 84.7 cm³/mol. The molecule has 0 atom stereocenters. The molecule has 0 unspecified atom stereocenters. The third-order valence-electron chi connectivity index (χ3n) is 3.68. The molecule has 1 saturated heterocycles. The van der Waals surface area contributed by atoms with Crippen LogP contribution in [0.4, 0.5) is 11.5 Å². The first-order valence-electron chi connectivity index (χ1n) is 7.41. The van der Waals surface area contributed by atoms with E-state index >= 15 is 0 Å². The van der Waals surface area contributed by atoms with Gasteiger partial charge in [-0.1, -0.05) is 24.3 Å². The molecular weight excluding hydrogens is 262 g/mol. The number of para-hydroxylation sites is 1. The van der Waals surface area contributed by atoms with Gasteiger partial charge in [0, 0.05) is 18.8 Å². The maximum Gasteiger partial charge on any atom is 0.274 e. The minimum Gasteiger partial charge on any atom is -0.357 e. The molecule has 1 aromatic carbocycles. The maximum atomic E-state index is 12.3. The van der Waals surface area contributed by atoms with E-state index in [1.54, 1.807) is 6.07 Å². The summed E-state index contributed by atoms with van der Waals surface area (Å²) < 4.78 is 0. The molecule has 0 spiro atoms. The van der Waals surface area contributed by atoms with E-state index in [2.05, 4.69) is 15.2 Å². The topological polar surface area (TPSA) is 45.2 Å². The number of carbonyl (C=O) groups excluding carboxylic acids is 1. The molecule has 0 saturated carbocycles. The zero-order chi connectivity index (χ0) is 14.5. The van der Waals surface area contributed by atoms with Crippen LogP contribution in [0.2, 0.25) is 0 Å². The van der Waals surface area contributed by atoms with Crippen molar-refractivity contribution < 1.29 is 4.79 Å². The first kappa shape index (κ1) is 13.6. The second kappa shape index (κ2) is 6.39. The van der Waals surface area contributed by atoms with Gasteiger partial charge in [-0.2, -0.15) is 0 Å². The van der Waals surface area contributed by atoms with E-state index in [0.29, 0.717) is 5.69 Å². The van der Waals surface area contributed by atoms with Gasteiger partial charge in [0.25, 0.3) is 5.91 Å². The monoisotopic (exact) mass is 281 g/mol. The quantitative estimate of drug-likeness (QED) is 0.938. The van der Waals surface area contributed by atoms with Gasteiger partial charge in [-0.05, 0) is 43.5 Å². The molecular formula is C17H19N3O. The van der Waals surface area contributed by atoms with Crippen molar-refractivity contribution in [3.8, 4) is 0 Å². The van der Waals surface area contributed by atoms with Crippen LogP contribution in [0.3, 0.4) is 0 Å². The summed E-state index contributed by atoms with van der Waals surface area (Å²) in [7, 11) is 0. The Morgan fingerprint density at radius 1 is 0.952 bits per heavy atom. The Morgan fingerprint density at radius 3 is 2.48 bits per heavy atom. The molecule has 1 aromatic heterocycles. The van der Waals surface area contributed by atoms with Crippen LogP contribution < -0.4 is 10.2 Å². The van der Waals surface area contributed by atoms with Gasteiger partial charge >= 0.3 is 0 Å². The van der Waals surface area contributed by atoms with Crippen LogP contribution in [0.5, 0.6) is 0 Å². The SMILES string of the molecule is O=C(Nc1ccccc1)c1cccc(N2CCCCC2)n1. The van der Waals surface area contributed by atoms with Crippen LogP contribution in [0.1, 0.15) is 29.8 Å². The van der Waals surface area contributed by atoms with Crippen LogP contribution in [0.25, 0.3) is 0 Å². The normalized spacial score (nSPS) is 14.8. The summed E-state index contributed by atoms with van der Waals surface area (Å²) in [6, 6.07) is 15.1.